The Kier molecular flexibility index (Phi) is 7.19. The number of aromatic nitrogens is 1. The van der Waals surface area contributed by atoms with E-state index >= 15 is 0 Å². The van der Waals surface area contributed by atoms with Gasteiger partial charge in [-0.25, -0.2) is 4.98 Å². The summed E-state index contributed by atoms with van der Waals surface area (Å²) in [6.45, 7) is 7.91. The largest absolute Gasteiger partial charge is 0.478 e. The predicted octanol–water partition coefficient (Wildman–Crippen LogP) is 5.11. The molecule has 0 bridgehead atoms. The molecule has 1 aromatic heterocycles. The Morgan fingerprint density at radius 2 is 2.09 bits per heavy atom. The van der Waals surface area contributed by atoms with E-state index in [4.69, 9.17) is 10.1 Å². The minimum Gasteiger partial charge on any atom is -0.478 e. The molecule has 0 spiro atoms. The molecule has 1 aromatic rings. The second-order valence-corrected chi connectivity index (χ2v) is 10.3. The summed E-state index contributed by atoms with van der Waals surface area (Å²) in [4.78, 5) is 19.2. The Balaban J connectivity index is 1.58. The standard InChI is InChI=1S/C24H34F3N5O2/c1-15(12-23(9-10-23)24(25,26)27)14-34-18(28)8-11-29-19-7-6-17-20(31-19)32(5)22(3,4)13-16(2)30-21(17)33/h6-8,11,15-16,28H,9-10,12-14H2,1-5H3,(H,29,31)(H,30,33)/b11-8-,28-18?. The number of nitrogens with one attached hydrogen (secondary N) is 3. The molecule has 10 heteroatoms. The molecule has 1 fully saturated rings. The van der Waals surface area contributed by atoms with E-state index in [2.05, 4.69) is 29.5 Å². The Hall–Kier alpha value is -2.78. The lowest BCUT2D eigenvalue weighted by atomic mass is 9.92. The van der Waals surface area contributed by atoms with Crippen molar-refractivity contribution in [1.29, 1.82) is 5.41 Å². The van der Waals surface area contributed by atoms with Gasteiger partial charge in [0.1, 0.15) is 11.6 Å². The van der Waals surface area contributed by atoms with Crippen LogP contribution in [0.1, 0.15) is 63.7 Å². The lowest BCUT2D eigenvalue weighted by Gasteiger charge is -2.41. The number of carbonyl (C=O) groups excluding carboxylic acids is 1. The van der Waals surface area contributed by atoms with E-state index in [0.717, 1.165) is 6.42 Å². The SMILES string of the molecule is CC(COC(=N)/C=C\Nc1ccc2c(n1)N(C)C(C)(C)CC(C)NC2=O)CC1(C(F)(F)F)CC1. The van der Waals surface area contributed by atoms with Crippen molar-refractivity contribution in [2.75, 3.05) is 23.9 Å². The number of alkyl halides is 3. The molecule has 1 aliphatic heterocycles. The zero-order chi connectivity index (χ0) is 25.3. The smallest absolute Gasteiger partial charge is 0.394 e. The molecule has 188 valence electrons. The Morgan fingerprint density at radius 1 is 1.41 bits per heavy atom. The minimum atomic E-state index is -4.18. The van der Waals surface area contributed by atoms with Crippen LogP contribution in [0.3, 0.4) is 0 Å². The molecule has 7 nitrogen and oxygen atoms in total. The second kappa shape index (κ2) is 9.46. The van der Waals surface area contributed by atoms with Gasteiger partial charge in [-0.3, -0.25) is 10.2 Å². The Morgan fingerprint density at radius 3 is 2.71 bits per heavy atom. The molecule has 0 radical (unpaired) electrons. The first-order valence-electron chi connectivity index (χ1n) is 11.5. The quantitative estimate of drug-likeness (QED) is 0.372. The molecular weight excluding hydrogens is 447 g/mol. The van der Waals surface area contributed by atoms with Crippen LogP contribution in [0.2, 0.25) is 0 Å². The number of carbonyl (C=O) groups is 1. The molecule has 1 amide bonds. The number of anilines is 2. The molecule has 0 saturated heterocycles. The maximum Gasteiger partial charge on any atom is 0.394 e. The third-order valence-electron chi connectivity index (χ3n) is 6.71. The second-order valence-electron chi connectivity index (χ2n) is 10.3. The number of amides is 1. The molecule has 3 N–H and O–H groups in total. The molecule has 3 rings (SSSR count). The van der Waals surface area contributed by atoms with Crippen molar-refractivity contribution in [1.82, 2.24) is 10.3 Å². The average molecular weight is 482 g/mol. The number of hydrogen-bond acceptors (Lipinski definition) is 6. The summed E-state index contributed by atoms with van der Waals surface area (Å²) in [5.74, 6) is 0.387. The average Bonchev–Trinajstić information content (AvgIpc) is 3.51. The van der Waals surface area contributed by atoms with E-state index in [0.29, 0.717) is 17.2 Å². The van der Waals surface area contributed by atoms with Gasteiger partial charge >= 0.3 is 6.18 Å². The van der Waals surface area contributed by atoms with E-state index in [1.165, 1.54) is 12.3 Å². The van der Waals surface area contributed by atoms with E-state index in [1.54, 1.807) is 19.1 Å². The summed E-state index contributed by atoms with van der Waals surface area (Å²) in [6.07, 6.45) is -0.210. The van der Waals surface area contributed by atoms with Gasteiger partial charge in [0.25, 0.3) is 5.91 Å². The van der Waals surface area contributed by atoms with E-state index in [1.807, 2.05) is 18.9 Å². The molecule has 1 saturated carbocycles. The summed E-state index contributed by atoms with van der Waals surface area (Å²) >= 11 is 0. The van der Waals surface area contributed by atoms with Gasteiger partial charge in [0, 0.05) is 30.9 Å². The van der Waals surface area contributed by atoms with Crippen LogP contribution in [0.5, 0.6) is 0 Å². The number of ether oxygens (including phenoxy) is 1. The van der Waals surface area contributed by atoms with E-state index in [9.17, 15) is 18.0 Å². The highest BCUT2D eigenvalue weighted by Crippen LogP contribution is 2.61. The Bertz CT molecular complexity index is 956. The summed E-state index contributed by atoms with van der Waals surface area (Å²) in [5.41, 5.74) is -1.32. The van der Waals surface area contributed by atoms with Crippen molar-refractivity contribution < 1.29 is 22.7 Å². The molecule has 0 aromatic carbocycles. The van der Waals surface area contributed by atoms with Crippen LogP contribution in [0.25, 0.3) is 0 Å². The van der Waals surface area contributed by atoms with Gasteiger partial charge in [0.05, 0.1) is 17.6 Å². The van der Waals surface area contributed by atoms with E-state index in [-0.39, 0.29) is 55.2 Å². The summed E-state index contributed by atoms with van der Waals surface area (Å²) in [6, 6.07) is 3.40. The van der Waals surface area contributed by atoms with Crippen LogP contribution in [-0.2, 0) is 4.74 Å². The maximum atomic E-state index is 13.1. The number of halogens is 3. The third kappa shape index (κ3) is 5.82. The van der Waals surface area contributed by atoms with Gasteiger partial charge in [-0.2, -0.15) is 13.2 Å². The van der Waals surface area contributed by atoms with E-state index < -0.39 is 11.6 Å². The van der Waals surface area contributed by atoms with Crippen molar-refractivity contribution in [2.24, 2.45) is 11.3 Å². The lowest BCUT2D eigenvalue weighted by molar-refractivity contribution is -0.192. The monoisotopic (exact) mass is 481 g/mol. The van der Waals surface area contributed by atoms with Gasteiger partial charge in [0.2, 0.25) is 5.90 Å². The topological polar surface area (TPSA) is 90.3 Å². The first kappa shape index (κ1) is 25.8. The molecule has 34 heavy (non-hydrogen) atoms. The lowest BCUT2D eigenvalue weighted by Crippen LogP contribution is -2.50. The van der Waals surface area contributed by atoms with Gasteiger partial charge in [-0.05, 0) is 64.5 Å². The van der Waals surface area contributed by atoms with Crippen molar-refractivity contribution in [3.63, 3.8) is 0 Å². The highest BCUT2D eigenvalue weighted by molar-refractivity contribution is 5.99. The fourth-order valence-corrected chi connectivity index (χ4v) is 4.45. The Labute approximate surface area is 198 Å². The zero-order valence-electron chi connectivity index (χ0n) is 20.3. The van der Waals surface area contributed by atoms with Crippen LogP contribution in [0.15, 0.2) is 24.4 Å². The predicted molar refractivity (Wildman–Crippen MR) is 126 cm³/mol. The van der Waals surface area contributed by atoms with Crippen molar-refractivity contribution in [2.45, 2.75) is 71.1 Å². The minimum absolute atomic E-state index is 0.0149. The van der Waals surface area contributed by atoms with Crippen LogP contribution < -0.4 is 15.5 Å². The fourth-order valence-electron chi connectivity index (χ4n) is 4.45. The van der Waals surface area contributed by atoms with Crippen LogP contribution in [-0.4, -0.2) is 48.2 Å². The van der Waals surface area contributed by atoms with Gasteiger partial charge < -0.3 is 20.3 Å². The molecule has 2 unspecified atom stereocenters. The first-order chi connectivity index (χ1) is 15.7. The number of hydrogen-bond donors (Lipinski definition) is 3. The van der Waals surface area contributed by atoms with Gasteiger partial charge in [-0.1, -0.05) is 6.92 Å². The van der Waals surface area contributed by atoms with Gasteiger partial charge in [-0.15, -0.1) is 0 Å². The first-order valence-corrected chi connectivity index (χ1v) is 11.5. The zero-order valence-corrected chi connectivity index (χ0v) is 20.3. The number of nitrogens with zero attached hydrogens (tertiary/aromatic N) is 2. The van der Waals surface area contributed by atoms with Crippen molar-refractivity contribution in [3.8, 4) is 0 Å². The summed E-state index contributed by atoms with van der Waals surface area (Å²) in [5, 5.41) is 13.9. The number of pyridine rings is 1. The summed E-state index contributed by atoms with van der Waals surface area (Å²) < 4.78 is 44.6. The summed E-state index contributed by atoms with van der Waals surface area (Å²) in [7, 11) is 1.91. The highest BCUT2D eigenvalue weighted by atomic mass is 19.4. The fraction of sp³-hybridized carbons (Fsp3) is 0.625. The maximum absolute atomic E-state index is 13.1. The molecule has 2 heterocycles. The number of fused-ring (bicyclic) bond motifs is 1. The molecular formula is C24H34F3N5O2. The highest BCUT2D eigenvalue weighted by Gasteiger charge is 2.63. The van der Waals surface area contributed by atoms with Crippen LogP contribution in [0, 0.1) is 16.7 Å². The van der Waals surface area contributed by atoms with Crippen LogP contribution >= 0.6 is 0 Å². The number of rotatable bonds is 7. The van der Waals surface area contributed by atoms with Crippen molar-refractivity contribution in [3.05, 3.63) is 30.0 Å². The normalized spacial score (nSPS) is 22.3. The van der Waals surface area contributed by atoms with Gasteiger partial charge in [0.15, 0.2) is 0 Å². The third-order valence-corrected chi connectivity index (χ3v) is 6.71. The van der Waals surface area contributed by atoms with Crippen LogP contribution in [0.4, 0.5) is 24.8 Å². The molecule has 1 aliphatic carbocycles. The molecule has 2 aliphatic rings. The molecule has 2 atom stereocenters. The van der Waals surface area contributed by atoms with Crippen molar-refractivity contribution >= 4 is 23.4 Å².